The topological polar surface area (TPSA) is 165 Å². The van der Waals surface area contributed by atoms with Crippen molar-refractivity contribution in [1.82, 2.24) is 15.5 Å². The molecule has 2 heterocycles. The van der Waals surface area contributed by atoms with Gasteiger partial charge in [0.05, 0.1) is 6.42 Å². The molecule has 3 atom stereocenters. The molecule has 0 aliphatic carbocycles. The Morgan fingerprint density at radius 2 is 1.96 bits per heavy atom. The van der Waals surface area contributed by atoms with Gasteiger partial charge in [-0.25, -0.2) is 0 Å². The molecule has 0 saturated carbocycles. The summed E-state index contributed by atoms with van der Waals surface area (Å²) in [5, 5.41) is 4.93. The van der Waals surface area contributed by atoms with Gasteiger partial charge in [0.2, 0.25) is 29.5 Å². The summed E-state index contributed by atoms with van der Waals surface area (Å²) >= 11 is 0. The van der Waals surface area contributed by atoms with Crippen molar-refractivity contribution in [2.75, 3.05) is 6.54 Å². The van der Waals surface area contributed by atoms with E-state index in [1.807, 2.05) is 0 Å². The van der Waals surface area contributed by atoms with Crippen LogP contribution in [0.1, 0.15) is 32.1 Å². The first-order chi connectivity index (χ1) is 11.3. The largest absolute Gasteiger partial charge is 0.370 e. The van der Waals surface area contributed by atoms with Gasteiger partial charge in [0.1, 0.15) is 18.1 Å². The molecule has 0 unspecified atom stereocenters. The van der Waals surface area contributed by atoms with Crippen molar-refractivity contribution in [2.45, 2.75) is 50.2 Å². The Hall–Kier alpha value is -2.65. The highest BCUT2D eigenvalue weighted by Crippen LogP contribution is 2.19. The second-order valence-electron chi connectivity index (χ2n) is 5.98. The Bertz CT molecular complexity index is 578. The quantitative estimate of drug-likeness (QED) is 0.407. The summed E-state index contributed by atoms with van der Waals surface area (Å²) < 4.78 is 0. The van der Waals surface area contributed by atoms with E-state index < -0.39 is 48.2 Å². The monoisotopic (exact) mass is 339 g/mol. The SMILES string of the molecule is NC(=O)C[C@H](NC(=O)[C@@H]1CCC(=O)N1)C(=O)N1CCC[C@H]1C(N)=O. The van der Waals surface area contributed by atoms with Crippen LogP contribution >= 0.6 is 0 Å². The van der Waals surface area contributed by atoms with Crippen LogP contribution in [0.4, 0.5) is 0 Å². The normalized spacial score (nSPS) is 24.3. The fraction of sp³-hybridized carbons (Fsp3) is 0.643. The van der Waals surface area contributed by atoms with E-state index in [0.29, 0.717) is 25.8 Å². The molecule has 0 aromatic heterocycles. The second-order valence-corrected chi connectivity index (χ2v) is 5.98. The van der Waals surface area contributed by atoms with Crippen LogP contribution in [0, 0.1) is 0 Å². The summed E-state index contributed by atoms with van der Waals surface area (Å²) in [5.74, 6) is -2.78. The first-order valence-corrected chi connectivity index (χ1v) is 7.77. The molecule has 10 heteroatoms. The zero-order chi connectivity index (χ0) is 17.9. The molecular weight excluding hydrogens is 318 g/mol. The van der Waals surface area contributed by atoms with E-state index in [4.69, 9.17) is 11.5 Å². The van der Waals surface area contributed by atoms with Gasteiger partial charge < -0.3 is 27.0 Å². The minimum Gasteiger partial charge on any atom is -0.370 e. The molecule has 0 bridgehead atoms. The van der Waals surface area contributed by atoms with Gasteiger partial charge in [-0.1, -0.05) is 0 Å². The van der Waals surface area contributed by atoms with E-state index in [0.717, 1.165) is 0 Å². The van der Waals surface area contributed by atoms with Crippen LogP contribution in [0.15, 0.2) is 0 Å². The van der Waals surface area contributed by atoms with Crippen molar-refractivity contribution >= 4 is 29.5 Å². The van der Waals surface area contributed by atoms with E-state index >= 15 is 0 Å². The Morgan fingerprint density at radius 3 is 2.50 bits per heavy atom. The molecule has 2 aliphatic heterocycles. The smallest absolute Gasteiger partial charge is 0.246 e. The number of rotatable bonds is 6. The summed E-state index contributed by atoms with van der Waals surface area (Å²) in [6.07, 6.45) is 1.19. The third-order valence-corrected chi connectivity index (χ3v) is 4.20. The lowest BCUT2D eigenvalue weighted by Crippen LogP contribution is -2.56. The fourth-order valence-electron chi connectivity index (χ4n) is 3.01. The predicted molar refractivity (Wildman–Crippen MR) is 80.8 cm³/mol. The molecule has 0 radical (unpaired) electrons. The average Bonchev–Trinajstić information content (AvgIpc) is 3.13. The Kier molecular flexibility index (Phi) is 5.37. The molecule has 0 spiro atoms. The van der Waals surface area contributed by atoms with Crippen molar-refractivity contribution in [1.29, 1.82) is 0 Å². The molecule has 2 rings (SSSR count). The van der Waals surface area contributed by atoms with Crippen molar-refractivity contribution in [3.8, 4) is 0 Å². The third-order valence-electron chi connectivity index (χ3n) is 4.20. The number of carbonyl (C=O) groups excluding carboxylic acids is 5. The lowest BCUT2D eigenvalue weighted by Gasteiger charge is -2.27. The number of likely N-dealkylation sites (tertiary alicyclic amines) is 1. The van der Waals surface area contributed by atoms with Crippen LogP contribution in [0.25, 0.3) is 0 Å². The highest BCUT2D eigenvalue weighted by molar-refractivity contribution is 5.97. The molecular formula is C14H21N5O5. The minimum atomic E-state index is -1.19. The number of hydrogen-bond acceptors (Lipinski definition) is 5. The maximum atomic E-state index is 12.6. The molecule has 6 N–H and O–H groups in total. The molecule has 0 aromatic carbocycles. The van der Waals surface area contributed by atoms with Gasteiger partial charge in [0.15, 0.2) is 0 Å². The van der Waals surface area contributed by atoms with Crippen molar-refractivity contribution in [3.05, 3.63) is 0 Å². The predicted octanol–water partition coefficient (Wildman–Crippen LogP) is -2.90. The zero-order valence-electron chi connectivity index (χ0n) is 13.1. The maximum Gasteiger partial charge on any atom is 0.246 e. The van der Waals surface area contributed by atoms with E-state index in [2.05, 4.69) is 10.6 Å². The average molecular weight is 339 g/mol. The van der Waals surface area contributed by atoms with Crippen LogP contribution in [-0.4, -0.2) is 59.1 Å². The minimum absolute atomic E-state index is 0.225. The summed E-state index contributed by atoms with van der Waals surface area (Å²) in [6.45, 7) is 0.317. The van der Waals surface area contributed by atoms with Gasteiger partial charge >= 0.3 is 0 Å². The van der Waals surface area contributed by atoms with Crippen molar-refractivity contribution in [2.24, 2.45) is 11.5 Å². The van der Waals surface area contributed by atoms with Gasteiger partial charge in [0, 0.05) is 13.0 Å². The molecule has 2 saturated heterocycles. The molecule has 5 amide bonds. The van der Waals surface area contributed by atoms with E-state index in [1.54, 1.807) is 0 Å². The second kappa shape index (κ2) is 7.28. The van der Waals surface area contributed by atoms with E-state index in [9.17, 15) is 24.0 Å². The van der Waals surface area contributed by atoms with Gasteiger partial charge in [-0.2, -0.15) is 0 Å². The summed E-state index contributed by atoms with van der Waals surface area (Å²) in [7, 11) is 0. The number of amides is 5. The first-order valence-electron chi connectivity index (χ1n) is 7.77. The molecule has 132 valence electrons. The van der Waals surface area contributed by atoms with Crippen molar-refractivity contribution in [3.63, 3.8) is 0 Å². The van der Waals surface area contributed by atoms with Gasteiger partial charge in [-0.05, 0) is 19.3 Å². The standard InChI is InChI=1S/C14H21N5O5/c15-10(20)6-8(18-13(23)7-3-4-11(21)17-7)14(24)19-5-1-2-9(19)12(16)22/h7-9H,1-6H2,(H2,15,20)(H2,16,22)(H,17,21)(H,18,23)/t7-,8-,9-/m0/s1. The molecule has 10 nitrogen and oxygen atoms in total. The summed E-state index contributed by atoms with van der Waals surface area (Å²) in [6, 6.07) is -2.69. The Balaban J connectivity index is 2.08. The fourth-order valence-corrected chi connectivity index (χ4v) is 3.01. The maximum absolute atomic E-state index is 12.6. The lowest BCUT2D eigenvalue weighted by atomic mass is 10.1. The third kappa shape index (κ3) is 4.00. The zero-order valence-corrected chi connectivity index (χ0v) is 13.1. The van der Waals surface area contributed by atoms with E-state index in [-0.39, 0.29) is 12.3 Å². The molecule has 0 aromatic rings. The number of hydrogen-bond donors (Lipinski definition) is 4. The van der Waals surface area contributed by atoms with Gasteiger partial charge in [-0.3, -0.25) is 24.0 Å². The first kappa shape index (κ1) is 17.7. The highest BCUT2D eigenvalue weighted by Gasteiger charge is 2.38. The number of primary amides is 2. The lowest BCUT2D eigenvalue weighted by molar-refractivity contribution is -0.142. The number of nitrogens with two attached hydrogens (primary N) is 2. The van der Waals surface area contributed by atoms with E-state index in [1.165, 1.54) is 4.90 Å². The molecule has 24 heavy (non-hydrogen) atoms. The van der Waals surface area contributed by atoms with Gasteiger partial charge in [0.25, 0.3) is 0 Å². The summed E-state index contributed by atoms with van der Waals surface area (Å²) in [5.41, 5.74) is 10.4. The summed E-state index contributed by atoms with van der Waals surface area (Å²) in [4.78, 5) is 59.9. The Morgan fingerprint density at radius 1 is 1.25 bits per heavy atom. The molecule has 2 aliphatic rings. The van der Waals surface area contributed by atoms with Gasteiger partial charge in [-0.15, -0.1) is 0 Å². The number of carbonyl (C=O) groups is 5. The molecule has 2 fully saturated rings. The van der Waals surface area contributed by atoms with Crippen LogP contribution in [0.5, 0.6) is 0 Å². The van der Waals surface area contributed by atoms with Crippen LogP contribution in [-0.2, 0) is 24.0 Å². The van der Waals surface area contributed by atoms with Crippen LogP contribution in [0.2, 0.25) is 0 Å². The number of nitrogens with zero attached hydrogens (tertiary/aromatic N) is 1. The van der Waals surface area contributed by atoms with Crippen LogP contribution < -0.4 is 22.1 Å². The Labute approximate surface area is 138 Å². The highest BCUT2D eigenvalue weighted by atomic mass is 16.2. The van der Waals surface area contributed by atoms with Crippen molar-refractivity contribution < 1.29 is 24.0 Å². The van der Waals surface area contributed by atoms with Crippen LogP contribution in [0.3, 0.4) is 0 Å². The number of nitrogens with one attached hydrogen (secondary N) is 2.